The van der Waals surface area contributed by atoms with Gasteiger partial charge in [-0.2, -0.15) is 15.0 Å². The number of piperazine rings is 1. The van der Waals surface area contributed by atoms with Gasteiger partial charge in [-0.05, 0) is 24.3 Å². The number of benzene rings is 1. The fraction of sp³-hybridized carbons (Fsp3) is 0.412. The van der Waals surface area contributed by atoms with Crippen LogP contribution in [0, 0.1) is 5.82 Å². The van der Waals surface area contributed by atoms with Crippen molar-refractivity contribution in [2.24, 2.45) is 0 Å². The first-order chi connectivity index (χ1) is 12.9. The molecule has 1 aromatic carbocycles. The van der Waals surface area contributed by atoms with Crippen molar-refractivity contribution in [1.82, 2.24) is 29.7 Å². The molecule has 0 radical (unpaired) electrons. The Hall–Kier alpha value is -3.01. The van der Waals surface area contributed by atoms with Crippen molar-refractivity contribution in [1.29, 1.82) is 0 Å². The molecule has 3 rings (SSSR count). The van der Waals surface area contributed by atoms with Crippen LogP contribution in [0.5, 0.6) is 0 Å². The first kappa shape index (κ1) is 18.8. The molecular weight excluding hydrogens is 351 g/mol. The van der Waals surface area contributed by atoms with Gasteiger partial charge in [0.2, 0.25) is 11.9 Å². The van der Waals surface area contributed by atoms with Crippen LogP contribution < -0.4 is 11.1 Å². The number of nitrogens with one attached hydrogen (secondary N) is 1. The number of halogens is 1. The highest BCUT2D eigenvalue weighted by atomic mass is 19.1. The van der Waals surface area contributed by atoms with Crippen molar-refractivity contribution < 1.29 is 9.18 Å². The van der Waals surface area contributed by atoms with E-state index in [2.05, 4.69) is 25.2 Å². The maximum atomic E-state index is 13.0. The van der Waals surface area contributed by atoms with Crippen LogP contribution in [-0.2, 0) is 6.54 Å². The fourth-order valence-corrected chi connectivity index (χ4v) is 2.81. The lowest BCUT2D eigenvalue weighted by molar-refractivity contribution is 0.118. The minimum atomic E-state index is -0.316. The molecule has 2 amide bonds. The van der Waals surface area contributed by atoms with E-state index >= 15 is 0 Å². The number of carbonyl (C=O) groups excluding carboxylic acids is 1. The lowest BCUT2D eigenvalue weighted by Crippen LogP contribution is -2.51. The molecule has 1 aromatic heterocycles. The first-order valence-electron chi connectivity index (χ1n) is 8.62. The molecule has 1 aliphatic rings. The van der Waals surface area contributed by atoms with Gasteiger partial charge in [-0.3, -0.25) is 4.90 Å². The van der Waals surface area contributed by atoms with Gasteiger partial charge in [-0.1, -0.05) is 0 Å². The van der Waals surface area contributed by atoms with Crippen molar-refractivity contribution in [2.45, 2.75) is 6.54 Å². The molecule has 0 spiro atoms. The molecule has 2 heterocycles. The minimum absolute atomic E-state index is 0.0184. The molecule has 27 heavy (non-hydrogen) atoms. The summed E-state index contributed by atoms with van der Waals surface area (Å²) in [4.78, 5) is 30.2. The molecule has 0 saturated carbocycles. The average Bonchev–Trinajstić information content (AvgIpc) is 2.63. The van der Waals surface area contributed by atoms with E-state index in [1.807, 2.05) is 4.90 Å². The monoisotopic (exact) mass is 374 g/mol. The predicted octanol–water partition coefficient (Wildman–Crippen LogP) is 1.14. The van der Waals surface area contributed by atoms with Gasteiger partial charge in [0.15, 0.2) is 0 Å². The van der Waals surface area contributed by atoms with Crippen molar-refractivity contribution in [3.05, 3.63) is 35.9 Å². The molecule has 10 heteroatoms. The minimum Gasteiger partial charge on any atom is -0.368 e. The van der Waals surface area contributed by atoms with Crippen LogP contribution in [0.25, 0.3) is 0 Å². The van der Waals surface area contributed by atoms with E-state index in [-0.39, 0.29) is 17.8 Å². The SMILES string of the molecule is CN(C)C(=O)N1CCN(Cc2nc(N)nc(Nc3ccc(F)cc3)n2)CC1. The van der Waals surface area contributed by atoms with Gasteiger partial charge >= 0.3 is 6.03 Å². The number of hydrogen-bond donors (Lipinski definition) is 2. The number of hydrogen-bond acceptors (Lipinski definition) is 7. The number of urea groups is 1. The Balaban J connectivity index is 1.61. The van der Waals surface area contributed by atoms with Crippen molar-refractivity contribution >= 4 is 23.6 Å². The molecular formula is C17H23FN8O. The molecule has 144 valence electrons. The number of anilines is 3. The zero-order chi connectivity index (χ0) is 19.4. The molecule has 2 aromatic rings. The van der Waals surface area contributed by atoms with Crippen LogP contribution in [0.1, 0.15) is 5.82 Å². The molecule has 0 aliphatic carbocycles. The van der Waals surface area contributed by atoms with E-state index in [0.29, 0.717) is 37.1 Å². The van der Waals surface area contributed by atoms with Gasteiger partial charge in [-0.15, -0.1) is 0 Å². The number of aromatic nitrogens is 3. The van der Waals surface area contributed by atoms with E-state index in [4.69, 9.17) is 5.73 Å². The van der Waals surface area contributed by atoms with Crippen LogP contribution in [0.3, 0.4) is 0 Å². The summed E-state index contributed by atoms with van der Waals surface area (Å²) in [6.45, 7) is 3.27. The molecule has 1 fully saturated rings. The van der Waals surface area contributed by atoms with Gasteiger partial charge in [-0.25, -0.2) is 9.18 Å². The largest absolute Gasteiger partial charge is 0.368 e. The van der Waals surface area contributed by atoms with Crippen molar-refractivity contribution in [3.63, 3.8) is 0 Å². The van der Waals surface area contributed by atoms with E-state index < -0.39 is 0 Å². The number of rotatable bonds is 4. The molecule has 3 N–H and O–H groups in total. The Bertz CT molecular complexity index is 790. The molecule has 0 bridgehead atoms. The number of nitrogens with zero attached hydrogens (tertiary/aromatic N) is 6. The van der Waals surface area contributed by atoms with Crippen LogP contribution in [0.15, 0.2) is 24.3 Å². The lowest BCUT2D eigenvalue weighted by atomic mass is 10.3. The third-order valence-electron chi connectivity index (χ3n) is 4.19. The van der Waals surface area contributed by atoms with Crippen LogP contribution >= 0.6 is 0 Å². The highest BCUT2D eigenvalue weighted by Crippen LogP contribution is 2.15. The molecule has 1 aliphatic heterocycles. The van der Waals surface area contributed by atoms with Gasteiger partial charge in [0.1, 0.15) is 11.6 Å². The van der Waals surface area contributed by atoms with E-state index in [1.54, 1.807) is 31.1 Å². The number of amides is 2. The Morgan fingerprint density at radius 1 is 1.15 bits per heavy atom. The third-order valence-corrected chi connectivity index (χ3v) is 4.19. The zero-order valence-corrected chi connectivity index (χ0v) is 15.4. The Kier molecular flexibility index (Phi) is 5.65. The van der Waals surface area contributed by atoms with Gasteiger partial charge in [0.25, 0.3) is 0 Å². The van der Waals surface area contributed by atoms with Crippen LogP contribution in [0.2, 0.25) is 0 Å². The summed E-state index contributed by atoms with van der Waals surface area (Å²) in [6, 6.07) is 5.90. The quantitative estimate of drug-likeness (QED) is 0.827. The van der Waals surface area contributed by atoms with E-state index in [1.165, 1.54) is 12.1 Å². The summed E-state index contributed by atoms with van der Waals surface area (Å²) < 4.78 is 13.0. The van der Waals surface area contributed by atoms with Gasteiger partial charge < -0.3 is 20.9 Å². The second kappa shape index (κ2) is 8.12. The van der Waals surface area contributed by atoms with E-state index in [0.717, 1.165) is 13.1 Å². The van der Waals surface area contributed by atoms with Gasteiger partial charge in [0, 0.05) is 46.0 Å². The average molecular weight is 374 g/mol. The number of carbonyl (C=O) groups is 1. The summed E-state index contributed by atoms with van der Waals surface area (Å²) in [5, 5.41) is 3.00. The van der Waals surface area contributed by atoms with Gasteiger partial charge in [0.05, 0.1) is 6.54 Å². The predicted molar refractivity (Wildman–Crippen MR) is 99.9 cm³/mol. The molecule has 0 unspecified atom stereocenters. The Labute approximate surface area is 157 Å². The number of nitrogen functional groups attached to an aromatic ring is 1. The topological polar surface area (TPSA) is 104 Å². The van der Waals surface area contributed by atoms with Crippen LogP contribution in [-0.4, -0.2) is 76.0 Å². The van der Waals surface area contributed by atoms with Crippen molar-refractivity contribution in [2.75, 3.05) is 51.3 Å². The second-order valence-corrected chi connectivity index (χ2v) is 6.51. The second-order valence-electron chi connectivity index (χ2n) is 6.51. The molecule has 0 atom stereocenters. The fourth-order valence-electron chi connectivity index (χ4n) is 2.81. The molecule has 9 nitrogen and oxygen atoms in total. The third kappa shape index (κ3) is 5.00. The summed E-state index contributed by atoms with van der Waals surface area (Å²) in [5.74, 6) is 0.652. The highest BCUT2D eigenvalue weighted by Gasteiger charge is 2.22. The summed E-state index contributed by atoms with van der Waals surface area (Å²) >= 11 is 0. The summed E-state index contributed by atoms with van der Waals surface area (Å²) in [5.41, 5.74) is 6.45. The van der Waals surface area contributed by atoms with Crippen LogP contribution in [0.4, 0.5) is 26.8 Å². The maximum Gasteiger partial charge on any atom is 0.319 e. The van der Waals surface area contributed by atoms with E-state index in [9.17, 15) is 9.18 Å². The molecule has 1 saturated heterocycles. The Morgan fingerprint density at radius 3 is 2.44 bits per heavy atom. The highest BCUT2D eigenvalue weighted by molar-refractivity contribution is 5.73. The summed E-state index contributed by atoms with van der Waals surface area (Å²) in [7, 11) is 3.50. The normalized spacial score (nSPS) is 14.9. The lowest BCUT2D eigenvalue weighted by Gasteiger charge is -2.35. The zero-order valence-electron chi connectivity index (χ0n) is 15.4. The first-order valence-corrected chi connectivity index (χ1v) is 8.62. The summed E-state index contributed by atoms with van der Waals surface area (Å²) in [6.07, 6.45) is 0. The standard InChI is InChI=1S/C17H23FN8O/c1-24(2)17(27)26-9-7-25(8-10-26)11-14-21-15(19)23-16(22-14)20-13-5-3-12(18)4-6-13/h3-6H,7-11H2,1-2H3,(H3,19,20,21,22,23). The van der Waals surface area contributed by atoms with Crippen molar-refractivity contribution in [3.8, 4) is 0 Å². The maximum absolute atomic E-state index is 13.0. The smallest absolute Gasteiger partial charge is 0.319 e. The number of nitrogens with two attached hydrogens (primary N) is 1. The Morgan fingerprint density at radius 2 is 1.81 bits per heavy atom.